The van der Waals surface area contributed by atoms with Gasteiger partial charge in [0.1, 0.15) is 12.4 Å². The molecule has 4 rings (SSSR count). The second-order valence-corrected chi connectivity index (χ2v) is 5.46. The third kappa shape index (κ3) is 3.59. The molecule has 3 aromatic rings. The summed E-state index contributed by atoms with van der Waals surface area (Å²) in [6, 6.07) is 16.3. The van der Waals surface area contributed by atoms with Crippen molar-refractivity contribution in [1.82, 2.24) is 10.2 Å². The van der Waals surface area contributed by atoms with Crippen LogP contribution in [0.4, 0.5) is 6.01 Å². The van der Waals surface area contributed by atoms with Crippen molar-refractivity contribution in [2.24, 2.45) is 0 Å². The lowest BCUT2D eigenvalue weighted by Gasteiger charge is -2.23. The molecule has 0 fully saturated rings. The lowest BCUT2D eigenvalue weighted by atomic mass is 10.2. The number of rotatable bonds is 5. The average molecular weight is 353 g/mol. The molecule has 1 atom stereocenters. The Labute approximate surface area is 148 Å². The SMILES string of the molecule is O=C(COc1ccccc1)Nc1nnc(C2COc3ccccc3O2)o1. The highest BCUT2D eigenvalue weighted by molar-refractivity contribution is 5.89. The molecule has 2 aromatic carbocycles. The van der Waals surface area contributed by atoms with Gasteiger partial charge < -0.3 is 18.6 Å². The van der Waals surface area contributed by atoms with Crippen LogP contribution in [0.15, 0.2) is 59.0 Å². The Hall–Kier alpha value is -3.55. The second-order valence-electron chi connectivity index (χ2n) is 5.46. The highest BCUT2D eigenvalue weighted by atomic mass is 16.6. The van der Waals surface area contributed by atoms with E-state index < -0.39 is 12.0 Å². The molecule has 1 aromatic heterocycles. The first-order valence-corrected chi connectivity index (χ1v) is 7.97. The van der Waals surface area contributed by atoms with Crippen LogP contribution in [0.3, 0.4) is 0 Å². The van der Waals surface area contributed by atoms with E-state index in [1.807, 2.05) is 36.4 Å². The number of aromatic nitrogens is 2. The molecule has 0 aliphatic carbocycles. The van der Waals surface area contributed by atoms with Gasteiger partial charge in [-0.3, -0.25) is 10.1 Å². The van der Waals surface area contributed by atoms with Crippen LogP contribution in [-0.2, 0) is 4.79 Å². The normalized spacial score (nSPS) is 15.3. The fourth-order valence-corrected chi connectivity index (χ4v) is 2.38. The van der Waals surface area contributed by atoms with E-state index in [1.165, 1.54) is 0 Å². The maximum atomic E-state index is 11.9. The van der Waals surface area contributed by atoms with E-state index in [9.17, 15) is 4.79 Å². The highest BCUT2D eigenvalue weighted by Crippen LogP contribution is 2.35. The van der Waals surface area contributed by atoms with E-state index in [2.05, 4.69) is 15.5 Å². The first kappa shape index (κ1) is 15.9. The molecule has 2 heterocycles. The standard InChI is InChI=1S/C18H15N3O5/c22-16(11-23-12-6-2-1-3-7-12)19-18-21-20-17(26-18)15-10-24-13-8-4-5-9-14(13)25-15/h1-9,15H,10-11H2,(H,19,21,22). The molecular weight excluding hydrogens is 338 g/mol. The van der Waals surface area contributed by atoms with Gasteiger partial charge >= 0.3 is 6.01 Å². The second kappa shape index (κ2) is 7.14. The van der Waals surface area contributed by atoms with Gasteiger partial charge in [-0.05, 0) is 24.3 Å². The molecule has 1 N–H and O–H groups in total. The Kier molecular flexibility index (Phi) is 4.38. The smallest absolute Gasteiger partial charge is 0.322 e. The Morgan fingerprint density at radius 1 is 1.08 bits per heavy atom. The number of ether oxygens (including phenoxy) is 3. The molecule has 0 bridgehead atoms. The first-order chi connectivity index (χ1) is 12.8. The van der Waals surface area contributed by atoms with Gasteiger partial charge in [-0.2, -0.15) is 0 Å². The van der Waals surface area contributed by atoms with E-state index in [0.29, 0.717) is 17.2 Å². The number of hydrogen-bond acceptors (Lipinski definition) is 7. The lowest BCUT2D eigenvalue weighted by Crippen LogP contribution is -2.22. The summed E-state index contributed by atoms with van der Waals surface area (Å²) in [5.41, 5.74) is 0. The van der Waals surface area contributed by atoms with E-state index in [1.54, 1.807) is 18.2 Å². The molecule has 8 heteroatoms. The predicted molar refractivity (Wildman–Crippen MR) is 90.2 cm³/mol. The molecule has 1 unspecified atom stereocenters. The lowest BCUT2D eigenvalue weighted by molar-refractivity contribution is -0.118. The maximum Gasteiger partial charge on any atom is 0.322 e. The van der Waals surface area contributed by atoms with E-state index in [-0.39, 0.29) is 25.1 Å². The number of para-hydroxylation sites is 3. The fraction of sp³-hybridized carbons (Fsp3) is 0.167. The quantitative estimate of drug-likeness (QED) is 0.753. The monoisotopic (exact) mass is 353 g/mol. The van der Waals surface area contributed by atoms with E-state index in [0.717, 1.165) is 0 Å². The highest BCUT2D eigenvalue weighted by Gasteiger charge is 2.27. The molecule has 1 aliphatic rings. The molecule has 0 spiro atoms. The van der Waals surface area contributed by atoms with Gasteiger partial charge in [-0.1, -0.05) is 35.4 Å². The van der Waals surface area contributed by atoms with Crippen molar-refractivity contribution in [3.8, 4) is 17.2 Å². The van der Waals surface area contributed by atoms with Crippen LogP contribution in [0.2, 0.25) is 0 Å². The van der Waals surface area contributed by atoms with Crippen molar-refractivity contribution in [1.29, 1.82) is 0 Å². The summed E-state index contributed by atoms with van der Waals surface area (Å²) in [5, 5.41) is 10.2. The molecule has 0 saturated heterocycles. The minimum Gasteiger partial charge on any atom is -0.485 e. The number of carbonyl (C=O) groups excluding carboxylic acids is 1. The summed E-state index contributed by atoms with van der Waals surface area (Å²) in [6.45, 7) is 0.0713. The van der Waals surface area contributed by atoms with Gasteiger partial charge in [-0.25, -0.2) is 0 Å². The van der Waals surface area contributed by atoms with Crippen LogP contribution in [0.5, 0.6) is 17.2 Å². The van der Waals surface area contributed by atoms with Gasteiger partial charge in [0.15, 0.2) is 18.1 Å². The fourth-order valence-electron chi connectivity index (χ4n) is 2.38. The van der Waals surface area contributed by atoms with Gasteiger partial charge in [0.25, 0.3) is 11.8 Å². The van der Waals surface area contributed by atoms with Crippen molar-refractivity contribution in [3.63, 3.8) is 0 Å². The van der Waals surface area contributed by atoms with Crippen LogP contribution >= 0.6 is 0 Å². The van der Waals surface area contributed by atoms with Crippen LogP contribution in [0, 0.1) is 0 Å². The third-order valence-electron chi connectivity index (χ3n) is 3.58. The number of carbonyl (C=O) groups is 1. The number of nitrogens with zero attached hydrogens (tertiary/aromatic N) is 2. The van der Waals surface area contributed by atoms with Crippen molar-refractivity contribution < 1.29 is 23.4 Å². The Morgan fingerprint density at radius 2 is 1.85 bits per heavy atom. The number of fused-ring (bicyclic) bond motifs is 1. The largest absolute Gasteiger partial charge is 0.485 e. The molecule has 0 radical (unpaired) electrons. The topological polar surface area (TPSA) is 95.7 Å². The Balaban J connectivity index is 1.34. The van der Waals surface area contributed by atoms with Crippen molar-refractivity contribution >= 4 is 11.9 Å². The number of amides is 1. The van der Waals surface area contributed by atoms with Gasteiger partial charge in [0.05, 0.1) is 0 Å². The zero-order chi connectivity index (χ0) is 17.8. The van der Waals surface area contributed by atoms with Crippen molar-refractivity contribution in [3.05, 3.63) is 60.5 Å². The Bertz CT molecular complexity index is 897. The van der Waals surface area contributed by atoms with E-state index >= 15 is 0 Å². The third-order valence-corrected chi connectivity index (χ3v) is 3.58. The first-order valence-electron chi connectivity index (χ1n) is 7.97. The van der Waals surface area contributed by atoms with Gasteiger partial charge in [0.2, 0.25) is 6.10 Å². The molecule has 1 aliphatic heterocycles. The summed E-state index contributed by atoms with van der Waals surface area (Å²) in [6.07, 6.45) is -0.538. The maximum absolute atomic E-state index is 11.9. The summed E-state index contributed by atoms with van der Waals surface area (Å²) in [4.78, 5) is 11.9. The Morgan fingerprint density at radius 3 is 2.69 bits per heavy atom. The van der Waals surface area contributed by atoms with Gasteiger partial charge in [-0.15, -0.1) is 5.10 Å². The zero-order valence-corrected chi connectivity index (χ0v) is 13.6. The van der Waals surface area contributed by atoms with E-state index in [4.69, 9.17) is 18.6 Å². The average Bonchev–Trinajstić information content (AvgIpc) is 3.15. The minimum atomic E-state index is -0.538. The number of nitrogens with one attached hydrogen (secondary N) is 1. The molecule has 8 nitrogen and oxygen atoms in total. The van der Waals surface area contributed by atoms with Crippen molar-refractivity contribution in [2.75, 3.05) is 18.5 Å². The number of hydrogen-bond donors (Lipinski definition) is 1. The summed E-state index contributed by atoms with van der Waals surface area (Å²) < 4.78 is 22.2. The molecule has 1 amide bonds. The molecule has 0 saturated carbocycles. The van der Waals surface area contributed by atoms with Crippen LogP contribution in [0.25, 0.3) is 0 Å². The minimum absolute atomic E-state index is 0.0240. The summed E-state index contributed by atoms with van der Waals surface area (Å²) >= 11 is 0. The number of anilines is 1. The van der Waals surface area contributed by atoms with Gasteiger partial charge in [0, 0.05) is 0 Å². The van der Waals surface area contributed by atoms with Crippen molar-refractivity contribution in [2.45, 2.75) is 6.10 Å². The zero-order valence-electron chi connectivity index (χ0n) is 13.6. The number of benzene rings is 2. The summed E-state index contributed by atoms with van der Waals surface area (Å²) in [5.74, 6) is 1.67. The van der Waals surface area contributed by atoms with Crippen LogP contribution in [0.1, 0.15) is 12.0 Å². The molecular formula is C18H15N3O5. The summed E-state index contributed by atoms with van der Waals surface area (Å²) in [7, 11) is 0. The van der Waals surface area contributed by atoms with Crippen LogP contribution < -0.4 is 19.5 Å². The molecule has 132 valence electrons. The molecule has 26 heavy (non-hydrogen) atoms. The predicted octanol–water partition coefficient (Wildman–Crippen LogP) is 2.60. The van der Waals surface area contributed by atoms with Crippen LogP contribution in [-0.4, -0.2) is 29.3 Å².